The molecular formula is C13H19F2N. The molecule has 0 fully saturated rings. The fourth-order valence-corrected chi connectivity index (χ4v) is 1.88. The second kappa shape index (κ2) is 5.94. The Hall–Kier alpha value is -0.960. The van der Waals surface area contributed by atoms with E-state index in [-0.39, 0.29) is 24.1 Å². The van der Waals surface area contributed by atoms with E-state index in [9.17, 15) is 8.78 Å². The molecular weight excluding hydrogens is 208 g/mol. The minimum atomic E-state index is -1.01. The van der Waals surface area contributed by atoms with Gasteiger partial charge >= 0.3 is 0 Å². The van der Waals surface area contributed by atoms with Crippen molar-refractivity contribution in [3.05, 3.63) is 35.6 Å². The van der Waals surface area contributed by atoms with Crippen molar-refractivity contribution in [2.75, 3.05) is 6.54 Å². The van der Waals surface area contributed by atoms with Crippen LogP contribution in [0.5, 0.6) is 0 Å². The lowest BCUT2D eigenvalue weighted by Gasteiger charge is -2.23. The van der Waals surface area contributed by atoms with Crippen LogP contribution in [0.2, 0.25) is 0 Å². The van der Waals surface area contributed by atoms with Crippen LogP contribution in [0, 0.1) is 17.7 Å². The van der Waals surface area contributed by atoms with Gasteiger partial charge in [0.05, 0.1) is 0 Å². The summed E-state index contributed by atoms with van der Waals surface area (Å²) in [5.41, 5.74) is 6.23. The molecule has 0 saturated carbocycles. The highest BCUT2D eigenvalue weighted by Gasteiger charge is 2.23. The Morgan fingerprint density at radius 3 is 2.50 bits per heavy atom. The summed E-state index contributed by atoms with van der Waals surface area (Å²) in [7, 11) is 0. The van der Waals surface area contributed by atoms with Crippen molar-refractivity contribution in [2.45, 2.75) is 26.4 Å². The first-order valence-corrected chi connectivity index (χ1v) is 5.63. The highest BCUT2D eigenvalue weighted by molar-refractivity contribution is 5.17. The van der Waals surface area contributed by atoms with Gasteiger partial charge in [-0.2, -0.15) is 0 Å². The van der Waals surface area contributed by atoms with Crippen molar-refractivity contribution in [1.29, 1.82) is 0 Å². The van der Waals surface area contributed by atoms with Crippen LogP contribution in [-0.4, -0.2) is 12.7 Å². The average molecular weight is 227 g/mol. The molecule has 2 unspecified atom stereocenters. The van der Waals surface area contributed by atoms with Crippen molar-refractivity contribution in [1.82, 2.24) is 0 Å². The van der Waals surface area contributed by atoms with Gasteiger partial charge in [0.25, 0.3) is 0 Å². The molecule has 1 aromatic rings. The number of alkyl halides is 1. The molecule has 0 bridgehead atoms. The minimum Gasteiger partial charge on any atom is -0.330 e. The predicted octanol–water partition coefficient (Wildman–Crippen LogP) is 2.94. The third kappa shape index (κ3) is 3.56. The largest absolute Gasteiger partial charge is 0.330 e. The SMILES string of the molecule is CC(C)C(CN)C(F)Cc1cccc(F)c1. The van der Waals surface area contributed by atoms with Crippen molar-refractivity contribution < 1.29 is 8.78 Å². The van der Waals surface area contributed by atoms with E-state index in [4.69, 9.17) is 5.73 Å². The Balaban J connectivity index is 2.66. The summed E-state index contributed by atoms with van der Waals surface area (Å²) in [6, 6.07) is 6.08. The van der Waals surface area contributed by atoms with Crippen LogP contribution in [-0.2, 0) is 6.42 Å². The average Bonchev–Trinajstić information content (AvgIpc) is 2.17. The number of benzene rings is 1. The molecule has 2 N–H and O–H groups in total. The molecule has 0 saturated heterocycles. The standard InChI is InChI=1S/C13H19F2N/c1-9(2)12(8-16)13(15)7-10-4-3-5-11(14)6-10/h3-6,9,12-13H,7-8,16H2,1-2H3. The molecule has 1 rings (SSSR count). The molecule has 0 amide bonds. The first kappa shape index (κ1) is 13.1. The van der Waals surface area contributed by atoms with Gasteiger partial charge in [-0.05, 0) is 30.2 Å². The van der Waals surface area contributed by atoms with Crippen LogP contribution in [0.15, 0.2) is 24.3 Å². The first-order chi connectivity index (χ1) is 7.54. The highest BCUT2D eigenvalue weighted by atomic mass is 19.1. The van der Waals surface area contributed by atoms with Crippen LogP contribution in [0.1, 0.15) is 19.4 Å². The number of hydrogen-bond donors (Lipinski definition) is 1. The summed E-state index contributed by atoms with van der Waals surface area (Å²) in [5.74, 6) is -0.282. The van der Waals surface area contributed by atoms with Crippen LogP contribution in [0.25, 0.3) is 0 Å². The lowest BCUT2D eigenvalue weighted by Crippen LogP contribution is -2.30. The van der Waals surface area contributed by atoms with Gasteiger partial charge in [-0.25, -0.2) is 8.78 Å². The second-order valence-electron chi connectivity index (χ2n) is 4.49. The fraction of sp³-hybridized carbons (Fsp3) is 0.538. The molecule has 2 atom stereocenters. The molecule has 90 valence electrons. The van der Waals surface area contributed by atoms with Crippen molar-refractivity contribution >= 4 is 0 Å². The molecule has 16 heavy (non-hydrogen) atoms. The Morgan fingerprint density at radius 2 is 2.00 bits per heavy atom. The van der Waals surface area contributed by atoms with E-state index in [0.29, 0.717) is 12.1 Å². The van der Waals surface area contributed by atoms with Gasteiger partial charge in [-0.3, -0.25) is 0 Å². The molecule has 0 spiro atoms. The van der Waals surface area contributed by atoms with E-state index in [2.05, 4.69) is 0 Å². The number of halogens is 2. The molecule has 0 radical (unpaired) electrons. The first-order valence-electron chi connectivity index (χ1n) is 5.63. The number of hydrogen-bond acceptors (Lipinski definition) is 1. The fourth-order valence-electron chi connectivity index (χ4n) is 1.88. The van der Waals surface area contributed by atoms with Crippen LogP contribution >= 0.6 is 0 Å². The van der Waals surface area contributed by atoms with Crippen molar-refractivity contribution in [3.63, 3.8) is 0 Å². The Labute approximate surface area is 95.7 Å². The Bertz CT molecular complexity index is 325. The maximum Gasteiger partial charge on any atom is 0.123 e. The van der Waals surface area contributed by atoms with Crippen molar-refractivity contribution in [3.8, 4) is 0 Å². The van der Waals surface area contributed by atoms with E-state index in [0.717, 1.165) is 0 Å². The number of rotatable bonds is 5. The molecule has 0 aliphatic rings. The molecule has 0 heterocycles. The smallest absolute Gasteiger partial charge is 0.123 e. The zero-order valence-electron chi connectivity index (χ0n) is 9.79. The molecule has 0 aliphatic carbocycles. The van der Waals surface area contributed by atoms with Gasteiger partial charge in [-0.1, -0.05) is 26.0 Å². The monoisotopic (exact) mass is 227 g/mol. The van der Waals surface area contributed by atoms with E-state index in [1.807, 2.05) is 13.8 Å². The Kier molecular flexibility index (Phi) is 4.87. The third-order valence-corrected chi connectivity index (χ3v) is 2.91. The van der Waals surface area contributed by atoms with E-state index < -0.39 is 6.17 Å². The highest BCUT2D eigenvalue weighted by Crippen LogP contribution is 2.21. The summed E-state index contributed by atoms with van der Waals surface area (Å²) in [6.45, 7) is 4.24. The molecule has 1 aromatic carbocycles. The van der Waals surface area contributed by atoms with Crippen LogP contribution in [0.3, 0.4) is 0 Å². The summed E-state index contributed by atoms with van der Waals surface area (Å²) >= 11 is 0. The molecule has 0 aliphatic heterocycles. The van der Waals surface area contributed by atoms with Crippen LogP contribution < -0.4 is 5.73 Å². The normalized spacial score (nSPS) is 15.1. The van der Waals surface area contributed by atoms with Gasteiger partial charge in [-0.15, -0.1) is 0 Å². The summed E-state index contributed by atoms with van der Waals surface area (Å²) in [4.78, 5) is 0. The quantitative estimate of drug-likeness (QED) is 0.822. The lowest BCUT2D eigenvalue weighted by molar-refractivity contribution is 0.185. The van der Waals surface area contributed by atoms with Gasteiger partial charge in [0.1, 0.15) is 12.0 Å². The third-order valence-electron chi connectivity index (χ3n) is 2.91. The maximum atomic E-state index is 13.9. The lowest BCUT2D eigenvalue weighted by atomic mass is 9.88. The molecule has 0 aromatic heterocycles. The maximum absolute atomic E-state index is 13.9. The summed E-state index contributed by atoms with van der Waals surface area (Å²) in [5, 5.41) is 0. The second-order valence-corrected chi connectivity index (χ2v) is 4.49. The topological polar surface area (TPSA) is 26.0 Å². The van der Waals surface area contributed by atoms with Crippen molar-refractivity contribution in [2.24, 2.45) is 17.6 Å². The number of nitrogens with two attached hydrogens (primary N) is 1. The van der Waals surface area contributed by atoms with Crippen LogP contribution in [0.4, 0.5) is 8.78 Å². The zero-order chi connectivity index (χ0) is 12.1. The van der Waals surface area contributed by atoms with Gasteiger partial charge < -0.3 is 5.73 Å². The molecule has 3 heteroatoms. The zero-order valence-corrected chi connectivity index (χ0v) is 9.79. The molecule has 1 nitrogen and oxygen atoms in total. The summed E-state index contributed by atoms with van der Waals surface area (Å²) in [6.07, 6.45) is -0.774. The van der Waals surface area contributed by atoms with E-state index in [1.54, 1.807) is 12.1 Å². The van der Waals surface area contributed by atoms with E-state index >= 15 is 0 Å². The van der Waals surface area contributed by atoms with Gasteiger partial charge in [0.2, 0.25) is 0 Å². The minimum absolute atomic E-state index is 0.164. The Morgan fingerprint density at radius 1 is 1.31 bits per heavy atom. The summed E-state index contributed by atoms with van der Waals surface area (Å²) < 4.78 is 26.8. The predicted molar refractivity (Wildman–Crippen MR) is 62.4 cm³/mol. The van der Waals surface area contributed by atoms with Gasteiger partial charge in [0.15, 0.2) is 0 Å². The van der Waals surface area contributed by atoms with Gasteiger partial charge in [0, 0.05) is 12.3 Å². The van der Waals surface area contributed by atoms with E-state index in [1.165, 1.54) is 12.1 Å².